The lowest BCUT2D eigenvalue weighted by Gasteiger charge is -2.35. The lowest BCUT2D eigenvalue weighted by atomic mass is 9.87. The third kappa shape index (κ3) is 16.7. The molecular formula is C79H81Cl2N11O17. The van der Waals surface area contributed by atoms with Crippen LogP contribution in [0.1, 0.15) is 118 Å². The van der Waals surface area contributed by atoms with E-state index < -0.39 is 136 Å². The Morgan fingerprint density at radius 3 is 1.82 bits per heavy atom. The van der Waals surface area contributed by atoms with Gasteiger partial charge in [0.15, 0.2) is 23.0 Å². The molecule has 8 aromatic carbocycles. The van der Waals surface area contributed by atoms with Crippen molar-refractivity contribution in [1.29, 1.82) is 0 Å². The molecule has 0 spiro atoms. The minimum absolute atomic E-state index is 0.0420. The second kappa shape index (κ2) is 32.2. The summed E-state index contributed by atoms with van der Waals surface area (Å²) in [7, 11) is 3.67. The van der Waals surface area contributed by atoms with Crippen molar-refractivity contribution in [2.45, 2.75) is 101 Å². The minimum atomic E-state index is -2.17. The molecule has 568 valence electrons. The SMILES string of the molecule is CCCCc1ccc(CN2CCN(Cc3c(O)cc4c(c3O)-c3cc(ccc3O)[C@H]3NC(=O)[C@@H]5NC(=O)[C@H]6NC(=O)[C@@H](Cc7ccc(c(Cl)c7)Oc7cc5cc(c7O)Oc5ccc(cc5Cl)[C@@H](O)[C@H](NC3=O)C(=O)N[C@@H]4C(=O)NCCCN(C)C)NC(=O)[C@H](N)c3ccc(O)c(c3)Oc3cc(O)cc6c3)CC2)cc1. The molecular weight excluding hydrogens is 1450 g/mol. The number of aryl methyl sites for hydroxylation is 1. The molecule has 109 heavy (non-hydrogen) atoms. The minimum Gasteiger partial charge on any atom is -0.508 e. The Hall–Kier alpha value is -11.4. The van der Waals surface area contributed by atoms with Crippen LogP contribution >= 0.6 is 23.2 Å². The monoisotopic (exact) mass is 1530 g/mol. The van der Waals surface area contributed by atoms with E-state index >= 15 is 28.8 Å². The number of fused-ring (bicyclic) bond motifs is 14. The molecule has 16 N–H and O–H groups in total. The van der Waals surface area contributed by atoms with Gasteiger partial charge in [0, 0.05) is 69.4 Å². The molecule has 7 amide bonds. The summed E-state index contributed by atoms with van der Waals surface area (Å²) in [5.41, 5.74) is 7.56. The van der Waals surface area contributed by atoms with Crippen LogP contribution in [0.4, 0.5) is 0 Å². The lowest BCUT2D eigenvalue weighted by Crippen LogP contribution is -2.56. The Balaban J connectivity index is 0.964. The number of carbonyl (C=O) groups is 7. The van der Waals surface area contributed by atoms with E-state index in [4.69, 9.17) is 43.1 Å². The smallest absolute Gasteiger partial charge is 0.248 e. The van der Waals surface area contributed by atoms with E-state index in [0.29, 0.717) is 51.3 Å². The van der Waals surface area contributed by atoms with E-state index in [1.165, 1.54) is 84.4 Å². The van der Waals surface area contributed by atoms with Gasteiger partial charge in [0.05, 0.1) is 15.6 Å². The molecule has 28 nitrogen and oxygen atoms in total. The molecule has 0 aliphatic carbocycles. The fourth-order valence-electron chi connectivity index (χ4n) is 14.0. The highest BCUT2D eigenvalue weighted by molar-refractivity contribution is 6.32. The average molecular weight is 1530 g/mol. The number of rotatable bonds is 12. The van der Waals surface area contributed by atoms with Crippen molar-refractivity contribution in [1.82, 2.24) is 51.9 Å². The first-order valence-electron chi connectivity index (χ1n) is 35.5. The predicted octanol–water partition coefficient (Wildman–Crippen LogP) is 7.63. The fourth-order valence-corrected chi connectivity index (χ4v) is 14.4. The van der Waals surface area contributed by atoms with Crippen molar-refractivity contribution >= 4 is 64.6 Å². The molecule has 30 heteroatoms. The Labute approximate surface area is 635 Å². The molecule has 7 aliphatic heterocycles. The average Bonchev–Trinajstić information content (AvgIpc) is 0.755. The highest BCUT2D eigenvalue weighted by Gasteiger charge is 2.42. The highest BCUT2D eigenvalue weighted by atomic mass is 35.5. The summed E-state index contributed by atoms with van der Waals surface area (Å²) >= 11 is 14.0. The third-order valence-corrected chi connectivity index (χ3v) is 20.5. The van der Waals surface area contributed by atoms with Gasteiger partial charge in [-0.1, -0.05) is 85.1 Å². The number of ether oxygens (including phenoxy) is 3. The van der Waals surface area contributed by atoms with Crippen LogP contribution < -0.4 is 57.2 Å². The number of unbranched alkanes of at least 4 members (excludes halogenated alkanes) is 1. The zero-order valence-corrected chi connectivity index (χ0v) is 60.9. The number of benzene rings is 8. The first-order valence-corrected chi connectivity index (χ1v) is 36.3. The number of phenolic OH excluding ortho intramolecular Hbond substituents is 6. The van der Waals surface area contributed by atoms with E-state index in [1.54, 1.807) is 0 Å². The topological polar surface area (TPSA) is 409 Å². The van der Waals surface area contributed by atoms with Crippen LogP contribution in [0.5, 0.6) is 69.0 Å². The highest BCUT2D eigenvalue weighted by Crippen LogP contribution is 2.50. The summed E-state index contributed by atoms with van der Waals surface area (Å²) in [6, 6.07) is 17.4. The first-order chi connectivity index (χ1) is 52.2. The number of aliphatic hydroxyl groups is 1. The third-order valence-electron chi connectivity index (χ3n) is 19.9. The number of carbonyl (C=O) groups excluding carboxylic acids is 7. The molecule has 0 radical (unpaired) electrons. The van der Waals surface area contributed by atoms with E-state index in [1.807, 2.05) is 23.9 Å². The summed E-state index contributed by atoms with van der Waals surface area (Å²) < 4.78 is 18.8. The van der Waals surface area contributed by atoms with Crippen molar-refractivity contribution < 1.29 is 83.5 Å². The number of hydrogen-bond acceptors (Lipinski definition) is 21. The molecule has 7 aliphatic rings. The first kappa shape index (κ1) is 75.8. The molecule has 0 unspecified atom stereocenters. The molecule has 1 fully saturated rings. The maximum atomic E-state index is 16.2. The molecule has 17 bridgehead atoms. The number of aliphatic hydroxyl groups excluding tert-OH is 1. The second-order valence-corrected chi connectivity index (χ2v) is 28.8. The van der Waals surface area contributed by atoms with E-state index in [0.717, 1.165) is 55.2 Å². The Morgan fingerprint density at radius 2 is 1.15 bits per heavy atom. The molecule has 7 heterocycles. The number of halogens is 2. The molecule has 8 atom stereocenters. The van der Waals surface area contributed by atoms with E-state index in [-0.39, 0.29) is 103 Å². The summed E-state index contributed by atoms with van der Waals surface area (Å²) in [6.07, 6.45) is 1.14. The number of aromatic hydroxyl groups is 6. The van der Waals surface area contributed by atoms with Gasteiger partial charge in [-0.2, -0.15) is 0 Å². The van der Waals surface area contributed by atoms with Gasteiger partial charge in [-0.3, -0.25) is 43.4 Å². The number of phenols is 6. The fraction of sp³-hybridized carbons (Fsp3) is 0.304. The quantitative estimate of drug-likeness (QED) is 0.0523. The Morgan fingerprint density at radius 1 is 0.550 bits per heavy atom. The maximum absolute atomic E-state index is 16.2. The molecule has 0 saturated carbocycles. The predicted molar refractivity (Wildman–Crippen MR) is 399 cm³/mol. The zero-order chi connectivity index (χ0) is 77.2. The summed E-state index contributed by atoms with van der Waals surface area (Å²) in [5.74, 6) is -13.2. The zero-order valence-electron chi connectivity index (χ0n) is 59.4. The van der Waals surface area contributed by atoms with Crippen LogP contribution in [0.3, 0.4) is 0 Å². The van der Waals surface area contributed by atoms with Gasteiger partial charge >= 0.3 is 0 Å². The van der Waals surface area contributed by atoms with Gasteiger partial charge in [0.2, 0.25) is 47.1 Å². The number of hydrogen-bond donors (Lipinski definition) is 15. The largest absolute Gasteiger partial charge is 0.508 e. The van der Waals surface area contributed by atoms with Crippen molar-refractivity contribution in [3.8, 4) is 80.1 Å². The van der Waals surface area contributed by atoms with Crippen molar-refractivity contribution in [3.63, 3.8) is 0 Å². The van der Waals surface area contributed by atoms with Gasteiger partial charge in [-0.25, -0.2) is 0 Å². The maximum Gasteiger partial charge on any atom is 0.248 e. The summed E-state index contributed by atoms with van der Waals surface area (Å²) in [6.45, 7) is 5.46. The second-order valence-electron chi connectivity index (χ2n) is 27.9. The van der Waals surface area contributed by atoms with Crippen molar-refractivity contribution in [2.24, 2.45) is 5.73 Å². The molecule has 15 rings (SSSR count). The number of nitrogens with zero attached hydrogens (tertiary/aromatic N) is 3. The number of piperazine rings is 1. The number of nitrogens with one attached hydrogen (secondary N) is 7. The van der Waals surface area contributed by atoms with Crippen LogP contribution in [0.2, 0.25) is 10.0 Å². The van der Waals surface area contributed by atoms with E-state index in [2.05, 4.69) is 73.3 Å². The van der Waals surface area contributed by atoms with Gasteiger partial charge in [0.25, 0.3) is 0 Å². The van der Waals surface area contributed by atoms with Crippen molar-refractivity contribution in [2.75, 3.05) is 53.4 Å². The van der Waals surface area contributed by atoms with Crippen LogP contribution in [0, 0.1) is 0 Å². The van der Waals surface area contributed by atoms with Gasteiger partial charge in [-0.15, -0.1) is 0 Å². The van der Waals surface area contributed by atoms with Crippen LogP contribution in [-0.2, 0) is 59.5 Å². The van der Waals surface area contributed by atoms with Gasteiger partial charge < -0.3 is 97.8 Å². The van der Waals surface area contributed by atoms with Gasteiger partial charge in [-0.05, 0) is 169 Å². The Bertz CT molecular complexity index is 4900. The van der Waals surface area contributed by atoms with Crippen LogP contribution in [0.15, 0.2) is 133 Å². The molecule has 1 saturated heterocycles. The van der Waals surface area contributed by atoms with Crippen LogP contribution in [-0.4, -0.2) is 157 Å². The summed E-state index contributed by atoms with van der Waals surface area (Å²) in [5, 5.41) is 103. The number of nitrogens with two attached hydrogens (primary N) is 1. The Kier molecular flexibility index (Phi) is 22.4. The number of amides is 7. The van der Waals surface area contributed by atoms with Gasteiger partial charge in [0.1, 0.15) is 88.6 Å². The standard InChI is InChI=1S/C79H81Cl2N11O17/c1-4-5-7-39-8-10-40(11-9-39)37-91-22-24-92(25-23-91)38-51-57(96)36-50-63(71(51)98)49-30-43(14-16-55(49)94)65-76(103)89-69(79(106)88-68(50)75(102)83-20-6-21-90(2)3)70(97)44-15-19-59(53(81)31-44)109-62-34-46-33-61(72(62)99)108-58-18-12-41(26-52(58)80)27-54-73(100)85-66(77(104)87-67(46)78(105)86-65)45-28-47(93)35-48(29-45)107-60-32-42(13-17-56(60)95)64(82)74(101)84-54/h8-19,26,28-36,54,64-70,93-99H,4-7,20-25,27,37-38,82H2,1-3H3,(H,83,102)(H,84,101)(H,85,100)(H,86,105)(H,87,104)(H,88,106)(H,89,103)/t54-,64-,65-,66+,67-,68+,69+,70-/m1/s1. The molecule has 0 aromatic heterocycles. The van der Waals surface area contributed by atoms with Crippen molar-refractivity contribution in [3.05, 3.63) is 199 Å². The van der Waals surface area contributed by atoms with E-state index in [9.17, 15) is 40.5 Å². The normalized spacial score (nSPS) is 21.0. The molecule has 8 aromatic rings. The summed E-state index contributed by atoms with van der Waals surface area (Å²) in [4.78, 5) is 114. The van der Waals surface area contributed by atoms with Crippen LogP contribution in [0.25, 0.3) is 11.1 Å². The lowest BCUT2D eigenvalue weighted by molar-refractivity contribution is -0.137.